The quantitative estimate of drug-likeness (QED) is 0.470. The van der Waals surface area contributed by atoms with E-state index in [1.54, 1.807) is 48.5 Å². The highest BCUT2D eigenvalue weighted by Crippen LogP contribution is 2.22. The van der Waals surface area contributed by atoms with Crippen LogP contribution in [0.1, 0.15) is 50.8 Å². The van der Waals surface area contributed by atoms with E-state index in [2.05, 4.69) is 5.32 Å². The molecule has 2 aromatic rings. The van der Waals surface area contributed by atoms with Gasteiger partial charge >= 0.3 is 5.97 Å². The zero-order chi connectivity index (χ0) is 18.5. The van der Waals surface area contributed by atoms with Gasteiger partial charge in [-0.1, -0.05) is 25.5 Å². The van der Waals surface area contributed by atoms with E-state index in [0.717, 1.165) is 17.7 Å². The molecule has 0 unspecified atom stereocenters. The second kappa shape index (κ2) is 7.82. The van der Waals surface area contributed by atoms with E-state index in [9.17, 15) is 14.4 Å². The number of hydrogen-bond acceptors (Lipinski definition) is 5. The highest BCUT2D eigenvalue weighted by molar-refractivity contribution is 6.21. The number of anilines is 1. The number of esters is 1. The van der Waals surface area contributed by atoms with Crippen LogP contribution in [0.5, 0.6) is 0 Å². The van der Waals surface area contributed by atoms with Crippen molar-refractivity contribution in [3.63, 3.8) is 0 Å². The van der Waals surface area contributed by atoms with E-state index in [1.807, 2.05) is 6.92 Å². The summed E-state index contributed by atoms with van der Waals surface area (Å²) < 4.78 is 5.16. The zero-order valence-electron chi connectivity index (χ0n) is 14.5. The highest BCUT2D eigenvalue weighted by atomic mass is 16.5. The number of carbonyl (C=O) groups excluding carboxylic acids is 3. The minimum atomic E-state index is -0.356. The van der Waals surface area contributed by atoms with Gasteiger partial charge < -0.3 is 10.1 Å². The fraction of sp³-hybridized carbons (Fsp3) is 0.250. The summed E-state index contributed by atoms with van der Waals surface area (Å²) in [5, 5.41) is 3.03. The molecule has 3 rings (SSSR count). The van der Waals surface area contributed by atoms with Crippen molar-refractivity contribution in [2.24, 2.45) is 0 Å². The third kappa shape index (κ3) is 3.59. The van der Waals surface area contributed by atoms with Gasteiger partial charge in [0.25, 0.3) is 11.8 Å². The van der Waals surface area contributed by atoms with Crippen molar-refractivity contribution in [3.8, 4) is 0 Å². The van der Waals surface area contributed by atoms with Gasteiger partial charge in [0.05, 0.1) is 30.0 Å². The van der Waals surface area contributed by atoms with Gasteiger partial charge in [0.2, 0.25) is 0 Å². The Hall–Kier alpha value is -3.15. The Kier molecular flexibility index (Phi) is 5.31. The Bertz CT molecular complexity index is 795. The molecule has 1 aliphatic rings. The van der Waals surface area contributed by atoms with E-state index >= 15 is 0 Å². The zero-order valence-corrected chi connectivity index (χ0v) is 14.5. The number of benzene rings is 2. The summed E-state index contributed by atoms with van der Waals surface area (Å²) in [5.74, 6) is -0.978. The van der Waals surface area contributed by atoms with Crippen LogP contribution in [0.4, 0.5) is 5.69 Å². The molecule has 2 aromatic carbocycles. The van der Waals surface area contributed by atoms with E-state index in [0.29, 0.717) is 29.0 Å². The maximum atomic E-state index is 12.3. The van der Waals surface area contributed by atoms with Crippen molar-refractivity contribution in [1.29, 1.82) is 0 Å². The summed E-state index contributed by atoms with van der Waals surface area (Å²) in [6, 6.07) is 13.5. The van der Waals surface area contributed by atoms with Crippen LogP contribution >= 0.6 is 0 Å². The Labute approximate surface area is 151 Å². The molecule has 0 saturated heterocycles. The number of ether oxygens (including phenoxy) is 1. The number of nitrogens with zero attached hydrogens (tertiary/aromatic N) is 1. The molecule has 1 N–H and O–H groups in total. The van der Waals surface area contributed by atoms with Crippen LogP contribution in [0.2, 0.25) is 0 Å². The average Bonchev–Trinajstić information content (AvgIpc) is 2.91. The van der Waals surface area contributed by atoms with Crippen molar-refractivity contribution in [2.45, 2.75) is 19.8 Å². The molecule has 0 radical (unpaired) electrons. The molecule has 0 saturated carbocycles. The maximum Gasteiger partial charge on any atom is 0.338 e. The monoisotopic (exact) mass is 352 g/mol. The number of rotatable bonds is 7. The minimum Gasteiger partial charge on any atom is -0.462 e. The summed E-state index contributed by atoms with van der Waals surface area (Å²) in [7, 11) is 0. The van der Waals surface area contributed by atoms with Gasteiger partial charge in [-0.15, -0.1) is 0 Å². The molecule has 2 amide bonds. The number of amides is 2. The first-order valence-corrected chi connectivity index (χ1v) is 8.58. The molecule has 0 bridgehead atoms. The van der Waals surface area contributed by atoms with Crippen LogP contribution in [0.3, 0.4) is 0 Å². The lowest BCUT2D eigenvalue weighted by Gasteiger charge is -2.15. The molecule has 0 spiro atoms. The number of nitrogens with one attached hydrogen (secondary N) is 1. The van der Waals surface area contributed by atoms with Crippen molar-refractivity contribution < 1.29 is 19.1 Å². The highest BCUT2D eigenvalue weighted by Gasteiger charge is 2.34. The van der Waals surface area contributed by atoms with Crippen LogP contribution in [-0.4, -0.2) is 36.0 Å². The molecule has 1 heterocycles. The van der Waals surface area contributed by atoms with Crippen molar-refractivity contribution >= 4 is 23.5 Å². The largest absolute Gasteiger partial charge is 0.462 e. The predicted molar refractivity (Wildman–Crippen MR) is 97.1 cm³/mol. The first-order chi connectivity index (χ1) is 12.6. The molecule has 0 atom stereocenters. The van der Waals surface area contributed by atoms with Gasteiger partial charge in [0.1, 0.15) is 0 Å². The molecule has 1 aliphatic heterocycles. The lowest BCUT2D eigenvalue weighted by Crippen LogP contribution is -2.34. The van der Waals surface area contributed by atoms with Gasteiger partial charge in [-0.3, -0.25) is 14.5 Å². The molecular weight excluding hydrogens is 332 g/mol. The van der Waals surface area contributed by atoms with Gasteiger partial charge in [-0.25, -0.2) is 4.79 Å². The van der Waals surface area contributed by atoms with E-state index in [1.165, 1.54) is 0 Å². The van der Waals surface area contributed by atoms with Crippen molar-refractivity contribution in [2.75, 3.05) is 18.6 Å². The summed E-state index contributed by atoms with van der Waals surface area (Å²) in [6.45, 7) is 2.50. The van der Waals surface area contributed by atoms with Gasteiger partial charge in [0.15, 0.2) is 0 Å². The molecule has 134 valence electrons. The first kappa shape index (κ1) is 17.7. The summed E-state index contributed by atoms with van der Waals surface area (Å²) >= 11 is 0. The minimum absolute atomic E-state index is 0.0621. The number of imide groups is 1. The topological polar surface area (TPSA) is 75.7 Å². The van der Waals surface area contributed by atoms with E-state index in [-0.39, 0.29) is 24.5 Å². The fourth-order valence-corrected chi connectivity index (χ4v) is 2.67. The second-order valence-electron chi connectivity index (χ2n) is 5.99. The number of unbranched alkanes of at least 4 members (excludes halogenated alkanes) is 1. The molecule has 26 heavy (non-hydrogen) atoms. The van der Waals surface area contributed by atoms with Gasteiger partial charge in [-0.05, 0) is 42.8 Å². The van der Waals surface area contributed by atoms with Crippen molar-refractivity contribution in [1.82, 2.24) is 4.90 Å². The lowest BCUT2D eigenvalue weighted by atomic mass is 10.1. The fourth-order valence-electron chi connectivity index (χ4n) is 2.67. The molecule has 0 aliphatic carbocycles. The van der Waals surface area contributed by atoms with E-state index in [4.69, 9.17) is 4.74 Å². The Balaban J connectivity index is 1.58. The van der Waals surface area contributed by atoms with Crippen LogP contribution in [-0.2, 0) is 4.74 Å². The second-order valence-corrected chi connectivity index (χ2v) is 5.99. The van der Waals surface area contributed by atoms with E-state index < -0.39 is 0 Å². The average molecular weight is 352 g/mol. The Morgan fingerprint density at radius 2 is 1.62 bits per heavy atom. The molecule has 6 heteroatoms. The standard InChI is InChI=1S/C20H20N2O4/c1-2-3-12-26-20(25)14-8-10-15(11-9-14)21-13-22-18(23)16-6-4-5-7-17(16)19(22)24/h4-11,21H,2-3,12-13H2,1H3. The molecular formula is C20H20N2O4. The number of fused-ring (bicyclic) bond motifs is 1. The van der Waals surface area contributed by atoms with Gasteiger partial charge in [-0.2, -0.15) is 0 Å². The maximum absolute atomic E-state index is 12.3. The summed E-state index contributed by atoms with van der Waals surface area (Å²) in [4.78, 5) is 37.6. The molecule has 6 nitrogen and oxygen atoms in total. The number of carbonyl (C=O) groups is 3. The third-order valence-electron chi connectivity index (χ3n) is 4.17. The van der Waals surface area contributed by atoms with Gasteiger partial charge in [0, 0.05) is 5.69 Å². The SMILES string of the molecule is CCCCOC(=O)c1ccc(NCN2C(=O)c3ccccc3C2=O)cc1. The smallest absolute Gasteiger partial charge is 0.338 e. The molecule has 0 fully saturated rings. The summed E-state index contributed by atoms with van der Waals surface area (Å²) in [5.41, 5.74) is 2.01. The van der Waals surface area contributed by atoms with Crippen LogP contribution in [0.15, 0.2) is 48.5 Å². The first-order valence-electron chi connectivity index (χ1n) is 8.58. The normalized spacial score (nSPS) is 12.9. The van der Waals surface area contributed by atoms with Crippen LogP contribution in [0, 0.1) is 0 Å². The van der Waals surface area contributed by atoms with Crippen LogP contribution < -0.4 is 5.32 Å². The summed E-state index contributed by atoms with van der Waals surface area (Å²) in [6.07, 6.45) is 1.81. The predicted octanol–water partition coefficient (Wildman–Crippen LogP) is 3.31. The number of hydrogen-bond donors (Lipinski definition) is 1. The Morgan fingerprint density at radius 1 is 1.00 bits per heavy atom. The van der Waals surface area contributed by atoms with Crippen molar-refractivity contribution in [3.05, 3.63) is 65.2 Å². The third-order valence-corrected chi connectivity index (χ3v) is 4.17. The van der Waals surface area contributed by atoms with Crippen LogP contribution in [0.25, 0.3) is 0 Å². The molecule has 0 aromatic heterocycles. The lowest BCUT2D eigenvalue weighted by molar-refractivity contribution is 0.0499. The Morgan fingerprint density at radius 3 is 2.19 bits per heavy atom.